The Morgan fingerprint density at radius 3 is 1.40 bits per heavy atom. The molecule has 0 aliphatic rings. The Morgan fingerprint density at radius 1 is 0.529 bits per heavy atom. The van der Waals surface area contributed by atoms with Crippen LogP contribution in [0.4, 0.5) is 0 Å². The van der Waals surface area contributed by atoms with Crippen LogP contribution in [0.25, 0.3) is 0 Å². The van der Waals surface area contributed by atoms with Gasteiger partial charge in [-0.1, -0.05) is 74.5 Å². The van der Waals surface area contributed by atoms with Gasteiger partial charge in [0, 0.05) is 55.1 Å². The number of carboxylic acids is 1. The molecular weight excluding hydrogens is 1150 g/mol. The molecule has 28 nitrogen and oxygen atoms in total. The Kier molecular flexibility index (Phi) is 30.4. The number of nitrogens with one attached hydrogen (secondary N) is 10. The molecule has 2 heterocycles. The maximum atomic E-state index is 14.6. The van der Waals surface area contributed by atoms with Crippen LogP contribution >= 0.6 is 7.37 Å². The fourth-order valence-electron chi connectivity index (χ4n) is 9.32. The molecule has 0 radical (unpaired) electrons. The summed E-state index contributed by atoms with van der Waals surface area (Å²) in [5.41, 5.74) is 19.9. The topological polar surface area (TPSA) is 463 Å². The third-order valence-electron chi connectivity index (χ3n) is 14.3. The third-order valence-corrected chi connectivity index (χ3v) is 16.6. The van der Waals surface area contributed by atoms with Crippen LogP contribution in [0.3, 0.4) is 0 Å². The highest BCUT2D eigenvalue weighted by atomic mass is 31.2. The van der Waals surface area contributed by atoms with E-state index in [1.165, 1.54) is 38.9 Å². The predicted octanol–water partition coefficient (Wildman–Crippen LogP) is -0.736. The number of rotatable bonds is 40. The lowest BCUT2D eigenvalue weighted by Gasteiger charge is -2.28. The van der Waals surface area contributed by atoms with Crippen LogP contribution in [0.5, 0.6) is 0 Å². The van der Waals surface area contributed by atoms with Gasteiger partial charge in [-0.25, -0.2) is 14.8 Å². The van der Waals surface area contributed by atoms with Crippen molar-refractivity contribution in [3.05, 3.63) is 108 Å². The first kappa shape index (κ1) is 71.6. The molecule has 0 bridgehead atoms. The summed E-state index contributed by atoms with van der Waals surface area (Å²) >= 11 is 0. The molecule has 0 fully saturated rings. The fraction of sp³-hybridized carbons (Fsp3) is 0.534. The number of benzene rings is 2. The minimum atomic E-state index is -4.14. The van der Waals surface area contributed by atoms with E-state index in [1.807, 2.05) is 44.2 Å². The van der Waals surface area contributed by atoms with Crippen LogP contribution in [0, 0.1) is 11.8 Å². The van der Waals surface area contributed by atoms with Gasteiger partial charge in [-0.2, -0.15) is 0 Å². The van der Waals surface area contributed by atoms with Gasteiger partial charge in [0.15, 0.2) is 0 Å². The number of aromatic amines is 2. The van der Waals surface area contributed by atoms with Gasteiger partial charge in [-0.3, -0.25) is 42.9 Å². The van der Waals surface area contributed by atoms with E-state index in [4.69, 9.17) is 17.2 Å². The Hall–Kier alpha value is -7.88. The smallest absolute Gasteiger partial charge is 0.326 e. The first-order valence-electron chi connectivity index (χ1n) is 29.2. The second kappa shape index (κ2) is 37.0. The summed E-state index contributed by atoms with van der Waals surface area (Å²) in [4.78, 5) is 149. The largest absolute Gasteiger partial charge is 0.480 e. The molecule has 4 rings (SSSR count). The number of H-pyrrole nitrogens is 2. The summed E-state index contributed by atoms with van der Waals surface area (Å²) in [7, 11) is -4.14. The number of carboxylic acid groups (broad SMARTS) is 1. The SMILES string of the molecule is CC(C)C[C@H](CP(=O)(O)[C@@H](N)CCc1ccccc1)C(=O)N[C@@H](CCCCN)C(=O)N[C@@H](Cc1cnc[nH]1)C(=O)N[C@@H](Cc1cnc[nH]1)C(=O)N[C@@H](C)C(=O)N[C@@H](Cc1ccccc1)C(=O)N[C@@H](CO)C(=O)N[C@@H](C)C(=O)N[C@@H](CCCCN)C(=O)O. The summed E-state index contributed by atoms with van der Waals surface area (Å²) in [6.45, 7) is 5.94. The van der Waals surface area contributed by atoms with E-state index in [9.17, 15) is 62.8 Å². The molecule has 0 spiro atoms. The van der Waals surface area contributed by atoms with Crippen molar-refractivity contribution in [2.75, 3.05) is 25.9 Å². The van der Waals surface area contributed by atoms with Crippen molar-refractivity contribution < 1.29 is 62.8 Å². The molecule has 0 saturated heterocycles. The Balaban J connectivity index is 1.52. The van der Waals surface area contributed by atoms with Crippen LogP contribution in [0.15, 0.2) is 85.7 Å². The number of imidazole rings is 2. The summed E-state index contributed by atoms with van der Waals surface area (Å²) in [5.74, 6) is -10.4. The molecule has 4 aromatic rings. The number of nitrogens with two attached hydrogens (primary N) is 3. The molecule has 19 N–H and O–H groups in total. The minimum absolute atomic E-state index is 0.0685. The molecule has 478 valence electrons. The standard InChI is InChI=1S/C58H88N15O13P/c1-35(2)25-40(32-87(85,86)49(61)22-21-38-15-7-5-8-16-38)52(77)68-43(19-11-13-23-59)53(78)71-47(28-42-30-63-34-65-42)56(81)72-46(27-41-29-62-33-64-41)54(79)66-37(4)51(76)70-45(26-39-17-9-6-10-18-39)55(80)73-48(31-74)57(82)67-36(3)50(75)69-44(58(83)84)20-12-14-24-60/h5-10,15-18,29-30,33-37,40,43-49,74H,11-14,19-28,31-32,59-61H2,1-4H3,(H,62,64)(H,63,65)(H,66,79)(H,67,82)(H,68,77)(H,69,75)(H,70,76)(H,71,78)(H,72,81)(H,73,80)(H,83,84)(H,85,86)/t36-,37-,40+,43-,44-,45-,46-,47-,48-,49+/m0/s1. The zero-order valence-corrected chi connectivity index (χ0v) is 50.6. The molecule has 2 aromatic heterocycles. The highest BCUT2D eigenvalue weighted by Gasteiger charge is 2.38. The van der Waals surface area contributed by atoms with E-state index in [-0.39, 0.29) is 57.4 Å². The lowest BCUT2D eigenvalue weighted by atomic mass is 9.97. The number of nitrogens with zero attached hydrogens (tertiary/aromatic N) is 2. The number of carbonyl (C=O) groups excluding carboxylic acids is 8. The van der Waals surface area contributed by atoms with Gasteiger partial charge < -0.3 is 84.8 Å². The number of aliphatic carboxylic acids is 1. The Bertz CT molecular complexity index is 2850. The average molecular weight is 1230 g/mol. The van der Waals surface area contributed by atoms with Gasteiger partial charge in [0.2, 0.25) is 54.6 Å². The number of hydrogen-bond donors (Lipinski definition) is 16. The summed E-state index contributed by atoms with van der Waals surface area (Å²) < 4.78 is 13.8. The summed E-state index contributed by atoms with van der Waals surface area (Å²) in [6, 6.07) is 6.55. The van der Waals surface area contributed by atoms with Gasteiger partial charge in [0.25, 0.3) is 0 Å². The normalized spacial score (nSPS) is 15.5. The van der Waals surface area contributed by atoms with Crippen molar-refractivity contribution in [2.24, 2.45) is 29.0 Å². The number of aliphatic hydroxyl groups is 1. The number of aromatic nitrogens is 4. The molecule has 2 aromatic carbocycles. The van der Waals surface area contributed by atoms with Gasteiger partial charge >= 0.3 is 5.97 Å². The predicted molar refractivity (Wildman–Crippen MR) is 322 cm³/mol. The number of amides is 8. The van der Waals surface area contributed by atoms with Crippen LogP contribution in [-0.4, -0.2) is 168 Å². The van der Waals surface area contributed by atoms with Gasteiger partial charge in [-0.15, -0.1) is 0 Å². The van der Waals surface area contributed by atoms with E-state index in [2.05, 4.69) is 62.5 Å². The van der Waals surface area contributed by atoms with Crippen molar-refractivity contribution in [3.63, 3.8) is 0 Å². The molecule has 11 atom stereocenters. The van der Waals surface area contributed by atoms with E-state index in [0.717, 1.165) is 5.56 Å². The molecule has 1 unspecified atom stereocenters. The lowest BCUT2D eigenvalue weighted by molar-refractivity contribution is -0.142. The molecule has 8 amide bonds. The number of aryl methyl sites for hydroxylation is 1. The fourth-order valence-corrected chi connectivity index (χ4v) is 11.1. The molecule has 0 saturated carbocycles. The highest BCUT2D eigenvalue weighted by Crippen LogP contribution is 2.48. The van der Waals surface area contributed by atoms with Crippen molar-refractivity contribution in [1.82, 2.24) is 62.5 Å². The minimum Gasteiger partial charge on any atom is -0.480 e. The van der Waals surface area contributed by atoms with Crippen LogP contribution in [0.2, 0.25) is 0 Å². The molecule has 0 aliphatic carbocycles. The maximum Gasteiger partial charge on any atom is 0.326 e. The Morgan fingerprint density at radius 2 is 0.943 bits per heavy atom. The van der Waals surface area contributed by atoms with Crippen molar-refractivity contribution >= 4 is 60.6 Å². The molecular formula is C58H88N15O13P. The maximum absolute atomic E-state index is 14.6. The Labute approximate surface area is 506 Å². The van der Waals surface area contributed by atoms with Crippen molar-refractivity contribution in [2.45, 2.75) is 159 Å². The summed E-state index contributed by atoms with van der Waals surface area (Å²) in [5, 5.41) is 40.3. The van der Waals surface area contributed by atoms with Gasteiger partial charge in [0.1, 0.15) is 48.3 Å². The van der Waals surface area contributed by atoms with Gasteiger partial charge in [0.05, 0.1) is 25.0 Å². The molecule has 87 heavy (non-hydrogen) atoms. The van der Waals surface area contributed by atoms with E-state index >= 15 is 0 Å². The highest BCUT2D eigenvalue weighted by molar-refractivity contribution is 7.58. The monoisotopic (exact) mass is 1230 g/mol. The van der Waals surface area contributed by atoms with Crippen LogP contribution < -0.4 is 59.7 Å². The molecule has 0 aliphatic heterocycles. The van der Waals surface area contributed by atoms with E-state index in [0.29, 0.717) is 55.6 Å². The number of unbranched alkanes of at least 4 members (excludes halogenated alkanes) is 2. The zero-order chi connectivity index (χ0) is 64.1. The van der Waals surface area contributed by atoms with Gasteiger partial charge in [-0.05, 0) is 102 Å². The second-order valence-corrected chi connectivity index (χ2v) is 24.6. The lowest BCUT2D eigenvalue weighted by Crippen LogP contribution is -2.60. The van der Waals surface area contributed by atoms with Crippen LogP contribution in [0.1, 0.15) is 102 Å². The van der Waals surface area contributed by atoms with Crippen molar-refractivity contribution in [3.8, 4) is 0 Å². The quantitative estimate of drug-likeness (QED) is 0.0193. The second-order valence-electron chi connectivity index (χ2n) is 22.0. The van der Waals surface area contributed by atoms with E-state index < -0.39 is 133 Å². The van der Waals surface area contributed by atoms with Crippen molar-refractivity contribution in [1.29, 1.82) is 0 Å². The average Bonchev–Trinajstić information content (AvgIpc) is 4.34. The zero-order valence-electron chi connectivity index (χ0n) is 49.7. The third kappa shape index (κ3) is 25.2. The number of hydrogen-bond acceptors (Lipinski definition) is 16. The van der Waals surface area contributed by atoms with E-state index in [1.54, 1.807) is 30.3 Å². The van der Waals surface area contributed by atoms with Crippen LogP contribution in [-0.2, 0) is 73.4 Å². The number of aliphatic hydroxyl groups excluding tert-OH is 1. The number of carbonyl (C=O) groups is 9. The first-order valence-corrected chi connectivity index (χ1v) is 31.1. The molecule has 29 heteroatoms. The first-order chi connectivity index (χ1) is 41.4. The summed E-state index contributed by atoms with van der Waals surface area (Å²) in [6.07, 6.45) is 7.31.